The average molecular weight is 310 g/mol. The topological polar surface area (TPSA) is 60.0 Å². The Morgan fingerprint density at radius 1 is 1.44 bits per heavy atom. The highest BCUT2D eigenvalue weighted by atomic mass is 79.9. The van der Waals surface area contributed by atoms with Crippen molar-refractivity contribution in [3.63, 3.8) is 0 Å². The molecule has 1 aromatic carbocycles. The zero-order valence-electron chi connectivity index (χ0n) is 10.5. The summed E-state index contributed by atoms with van der Waals surface area (Å²) in [5.74, 6) is 0.933. The van der Waals surface area contributed by atoms with Gasteiger partial charge in [-0.05, 0) is 25.1 Å². The summed E-state index contributed by atoms with van der Waals surface area (Å²) in [4.78, 5) is 6.33. The number of benzene rings is 1. The molecule has 0 unspecified atom stereocenters. The lowest BCUT2D eigenvalue weighted by molar-refractivity contribution is 0.610. The van der Waals surface area contributed by atoms with Gasteiger partial charge < -0.3 is 10.6 Å². The molecule has 0 amide bonds. The number of aryl methyl sites for hydroxylation is 1. The second-order valence-electron chi connectivity index (χ2n) is 4.05. The molecule has 96 valence electrons. The number of anilines is 2. The summed E-state index contributed by atoms with van der Waals surface area (Å²) < 4.78 is 2.86. The van der Waals surface area contributed by atoms with Crippen LogP contribution < -0.4 is 10.6 Å². The zero-order valence-corrected chi connectivity index (χ0v) is 12.1. The Kier molecular flexibility index (Phi) is 3.86. The third-order valence-corrected chi connectivity index (χ3v) is 3.27. The van der Waals surface area contributed by atoms with E-state index in [1.165, 1.54) is 0 Å². The number of nitrogens with zero attached hydrogens (tertiary/aromatic N) is 4. The summed E-state index contributed by atoms with van der Waals surface area (Å²) in [7, 11) is 1.99. The second kappa shape index (κ2) is 5.39. The van der Waals surface area contributed by atoms with Crippen LogP contribution in [0.2, 0.25) is 0 Å². The van der Waals surface area contributed by atoms with Crippen molar-refractivity contribution in [3.8, 4) is 0 Å². The van der Waals surface area contributed by atoms with Crippen molar-refractivity contribution in [2.24, 2.45) is 0 Å². The number of hydrogen-bond donors (Lipinski definition) is 1. The third-order valence-electron chi connectivity index (χ3n) is 2.77. The molecule has 2 aromatic rings. The molecular formula is C12H16BrN5. The molecule has 6 heteroatoms. The Morgan fingerprint density at radius 3 is 2.89 bits per heavy atom. The Labute approximate surface area is 115 Å². The van der Waals surface area contributed by atoms with Crippen LogP contribution in [0.1, 0.15) is 12.7 Å². The average Bonchev–Trinajstić information content (AvgIpc) is 2.76. The van der Waals surface area contributed by atoms with Crippen molar-refractivity contribution < 1.29 is 0 Å². The molecule has 5 nitrogen and oxygen atoms in total. The van der Waals surface area contributed by atoms with Gasteiger partial charge in [-0.3, -0.25) is 0 Å². The molecule has 1 heterocycles. The highest BCUT2D eigenvalue weighted by Crippen LogP contribution is 2.26. The minimum Gasteiger partial charge on any atom is -0.397 e. The molecule has 18 heavy (non-hydrogen) atoms. The molecule has 1 aromatic heterocycles. The van der Waals surface area contributed by atoms with Gasteiger partial charge >= 0.3 is 0 Å². The maximum Gasteiger partial charge on any atom is 0.146 e. The van der Waals surface area contributed by atoms with Crippen molar-refractivity contribution in [1.29, 1.82) is 0 Å². The van der Waals surface area contributed by atoms with Gasteiger partial charge in [0.15, 0.2) is 0 Å². The first-order chi connectivity index (χ1) is 8.61. The van der Waals surface area contributed by atoms with Gasteiger partial charge in [0.2, 0.25) is 0 Å². The number of aromatic nitrogens is 3. The molecule has 0 saturated heterocycles. The number of nitrogen functional groups attached to an aromatic ring is 1. The highest BCUT2D eigenvalue weighted by Gasteiger charge is 2.10. The van der Waals surface area contributed by atoms with Crippen molar-refractivity contribution in [3.05, 3.63) is 34.8 Å². The predicted molar refractivity (Wildman–Crippen MR) is 76.4 cm³/mol. The molecule has 0 bridgehead atoms. The van der Waals surface area contributed by atoms with Crippen LogP contribution in [-0.4, -0.2) is 21.8 Å². The summed E-state index contributed by atoms with van der Waals surface area (Å²) >= 11 is 3.40. The standard InChI is InChI=1S/C12H16BrN5/c1-3-18-12(15-8-16-18)7-17(2)11-5-4-9(13)6-10(11)14/h4-6,8H,3,7,14H2,1-2H3. The summed E-state index contributed by atoms with van der Waals surface area (Å²) in [5.41, 5.74) is 7.74. The van der Waals surface area contributed by atoms with Crippen molar-refractivity contribution >= 4 is 27.3 Å². The van der Waals surface area contributed by atoms with Gasteiger partial charge in [0.05, 0.1) is 17.9 Å². The molecule has 0 saturated carbocycles. The maximum atomic E-state index is 6.01. The Bertz CT molecular complexity index is 537. The smallest absolute Gasteiger partial charge is 0.146 e. The highest BCUT2D eigenvalue weighted by molar-refractivity contribution is 9.10. The minimum atomic E-state index is 0.680. The van der Waals surface area contributed by atoms with E-state index in [9.17, 15) is 0 Å². The van der Waals surface area contributed by atoms with E-state index in [2.05, 4.69) is 30.9 Å². The SMILES string of the molecule is CCn1ncnc1CN(C)c1ccc(Br)cc1N. The molecule has 0 spiro atoms. The number of halogens is 1. The second-order valence-corrected chi connectivity index (χ2v) is 4.97. The van der Waals surface area contributed by atoms with Gasteiger partial charge in [-0.15, -0.1) is 0 Å². The van der Waals surface area contributed by atoms with Crippen LogP contribution in [0.25, 0.3) is 0 Å². The lowest BCUT2D eigenvalue weighted by Crippen LogP contribution is -2.21. The van der Waals surface area contributed by atoms with Crippen LogP contribution >= 0.6 is 15.9 Å². The molecule has 2 N–H and O–H groups in total. The van der Waals surface area contributed by atoms with E-state index >= 15 is 0 Å². The van der Waals surface area contributed by atoms with Crippen LogP contribution in [0.4, 0.5) is 11.4 Å². The van der Waals surface area contributed by atoms with E-state index in [-0.39, 0.29) is 0 Å². The fraction of sp³-hybridized carbons (Fsp3) is 0.333. The van der Waals surface area contributed by atoms with E-state index in [4.69, 9.17) is 5.73 Å². The van der Waals surface area contributed by atoms with Gasteiger partial charge in [0.25, 0.3) is 0 Å². The van der Waals surface area contributed by atoms with Gasteiger partial charge in [0, 0.05) is 18.1 Å². The van der Waals surface area contributed by atoms with Crippen LogP contribution in [0, 0.1) is 0 Å². The largest absolute Gasteiger partial charge is 0.397 e. The van der Waals surface area contributed by atoms with Crippen molar-refractivity contribution in [2.75, 3.05) is 17.7 Å². The first-order valence-corrected chi connectivity index (χ1v) is 6.54. The molecule has 0 radical (unpaired) electrons. The van der Waals surface area contributed by atoms with Gasteiger partial charge in [-0.2, -0.15) is 5.10 Å². The quantitative estimate of drug-likeness (QED) is 0.880. The van der Waals surface area contributed by atoms with E-state index in [0.717, 1.165) is 28.2 Å². The molecular weight excluding hydrogens is 294 g/mol. The number of hydrogen-bond acceptors (Lipinski definition) is 4. The first-order valence-electron chi connectivity index (χ1n) is 5.74. The fourth-order valence-electron chi connectivity index (χ4n) is 1.85. The van der Waals surface area contributed by atoms with Crippen molar-refractivity contribution in [1.82, 2.24) is 14.8 Å². The lowest BCUT2D eigenvalue weighted by Gasteiger charge is -2.20. The van der Waals surface area contributed by atoms with Crippen LogP contribution in [0.5, 0.6) is 0 Å². The van der Waals surface area contributed by atoms with E-state index in [0.29, 0.717) is 6.54 Å². The molecule has 0 aliphatic rings. The van der Waals surface area contributed by atoms with Gasteiger partial charge in [0.1, 0.15) is 12.2 Å². The maximum absolute atomic E-state index is 6.01. The summed E-state index contributed by atoms with van der Waals surface area (Å²) in [6.07, 6.45) is 1.58. The van der Waals surface area contributed by atoms with Gasteiger partial charge in [-0.25, -0.2) is 9.67 Å². The molecule has 0 fully saturated rings. The summed E-state index contributed by atoms with van der Waals surface area (Å²) in [5, 5.41) is 4.16. The Balaban J connectivity index is 2.19. The molecule has 2 rings (SSSR count). The number of nitrogens with two attached hydrogens (primary N) is 1. The monoisotopic (exact) mass is 309 g/mol. The minimum absolute atomic E-state index is 0.680. The number of rotatable bonds is 4. The van der Waals surface area contributed by atoms with Crippen LogP contribution in [-0.2, 0) is 13.1 Å². The Morgan fingerprint density at radius 2 is 2.22 bits per heavy atom. The molecule has 0 atom stereocenters. The van der Waals surface area contributed by atoms with E-state index in [1.807, 2.05) is 36.9 Å². The molecule has 0 aliphatic heterocycles. The van der Waals surface area contributed by atoms with Crippen LogP contribution in [0.3, 0.4) is 0 Å². The third kappa shape index (κ3) is 2.64. The van der Waals surface area contributed by atoms with E-state index < -0.39 is 0 Å². The Hall–Kier alpha value is -1.56. The normalized spacial score (nSPS) is 10.6. The van der Waals surface area contributed by atoms with Crippen LogP contribution in [0.15, 0.2) is 29.0 Å². The fourth-order valence-corrected chi connectivity index (χ4v) is 2.22. The molecule has 0 aliphatic carbocycles. The van der Waals surface area contributed by atoms with Gasteiger partial charge in [-0.1, -0.05) is 15.9 Å². The predicted octanol–water partition coefficient (Wildman–Crippen LogP) is 2.28. The first kappa shape index (κ1) is 12.9. The lowest BCUT2D eigenvalue weighted by atomic mass is 10.2. The van der Waals surface area contributed by atoms with Crippen molar-refractivity contribution in [2.45, 2.75) is 20.0 Å². The zero-order chi connectivity index (χ0) is 13.1. The summed E-state index contributed by atoms with van der Waals surface area (Å²) in [6.45, 7) is 3.55. The summed E-state index contributed by atoms with van der Waals surface area (Å²) in [6, 6.07) is 5.87. The van der Waals surface area contributed by atoms with E-state index in [1.54, 1.807) is 6.33 Å².